The molecule has 0 fully saturated rings. The number of nitriles is 1. The first-order valence-corrected chi connectivity index (χ1v) is 7.23. The maximum absolute atomic E-state index is 12.3. The number of nitrogens with zero attached hydrogens (tertiary/aromatic N) is 2. The van der Waals surface area contributed by atoms with Gasteiger partial charge in [-0.1, -0.05) is 42.5 Å². The second kappa shape index (κ2) is 7.27. The Morgan fingerprint density at radius 1 is 1.26 bits per heavy atom. The summed E-state index contributed by atoms with van der Waals surface area (Å²) < 4.78 is 0. The molecule has 2 aromatic rings. The van der Waals surface area contributed by atoms with Crippen LogP contribution in [0.2, 0.25) is 0 Å². The van der Waals surface area contributed by atoms with Crippen LogP contribution in [0.4, 0.5) is 4.79 Å². The summed E-state index contributed by atoms with van der Waals surface area (Å²) in [5, 5.41) is 22.2. The number of carbonyl (C=O) groups is 2. The van der Waals surface area contributed by atoms with Crippen LogP contribution in [0.15, 0.2) is 42.5 Å². The second-order valence-electron chi connectivity index (χ2n) is 5.07. The largest absolute Gasteiger partial charge is 0.465 e. The van der Waals surface area contributed by atoms with Crippen molar-refractivity contribution in [2.24, 2.45) is 0 Å². The fraction of sp³-hybridized carbons (Fsp3) is 0.235. The molecule has 1 atom stereocenters. The lowest BCUT2D eigenvalue weighted by Crippen LogP contribution is -2.47. The molecule has 0 aromatic heterocycles. The van der Waals surface area contributed by atoms with E-state index in [1.165, 1.54) is 0 Å². The van der Waals surface area contributed by atoms with E-state index in [-0.39, 0.29) is 13.0 Å². The summed E-state index contributed by atoms with van der Waals surface area (Å²) in [6, 6.07) is 12.5. The van der Waals surface area contributed by atoms with E-state index >= 15 is 0 Å². The van der Waals surface area contributed by atoms with E-state index in [1.807, 2.05) is 42.5 Å². The maximum atomic E-state index is 12.3. The van der Waals surface area contributed by atoms with Crippen LogP contribution in [0.5, 0.6) is 0 Å². The van der Waals surface area contributed by atoms with E-state index in [9.17, 15) is 9.59 Å². The average molecular weight is 311 g/mol. The summed E-state index contributed by atoms with van der Waals surface area (Å²) in [4.78, 5) is 24.2. The zero-order chi connectivity index (χ0) is 16.8. The number of benzene rings is 2. The summed E-state index contributed by atoms with van der Waals surface area (Å²) in [6.45, 7) is 1.86. The van der Waals surface area contributed by atoms with Gasteiger partial charge in [0.1, 0.15) is 6.04 Å². The molecule has 2 rings (SSSR count). The van der Waals surface area contributed by atoms with Crippen molar-refractivity contribution >= 4 is 22.8 Å². The van der Waals surface area contributed by atoms with E-state index in [0.29, 0.717) is 0 Å². The number of likely N-dealkylation sites (N-methyl/N-ethyl adjacent to an activating group) is 1. The fourth-order valence-corrected chi connectivity index (χ4v) is 2.41. The van der Waals surface area contributed by atoms with Gasteiger partial charge in [-0.3, -0.25) is 4.79 Å². The minimum atomic E-state index is -1.29. The predicted molar refractivity (Wildman–Crippen MR) is 85.6 cm³/mol. The van der Waals surface area contributed by atoms with Crippen LogP contribution >= 0.6 is 0 Å². The molecule has 0 radical (unpaired) electrons. The van der Waals surface area contributed by atoms with Crippen LogP contribution in [0.3, 0.4) is 0 Å². The van der Waals surface area contributed by atoms with Crippen molar-refractivity contribution < 1.29 is 14.7 Å². The second-order valence-corrected chi connectivity index (χ2v) is 5.07. The van der Waals surface area contributed by atoms with Crippen LogP contribution in [-0.4, -0.2) is 34.6 Å². The lowest BCUT2D eigenvalue weighted by atomic mass is 10.0. The Kier molecular flexibility index (Phi) is 5.15. The van der Waals surface area contributed by atoms with Gasteiger partial charge in [-0.25, -0.2) is 9.69 Å². The van der Waals surface area contributed by atoms with Crippen molar-refractivity contribution in [2.45, 2.75) is 19.4 Å². The van der Waals surface area contributed by atoms with E-state index in [0.717, 1.165) is 21.2 Å². The van der Waals surface area contributed by atoms with Gasteiger partial charge in [0.05, 0.1) is 0 Å². The van der Waals surface area contributed by atoms with E-state index in [1.54, 1.807) is 13.1 Å². The zero-order valence-electron chi connectivity index (χ0n) is 12.7. The third-order valence-corrected chi connectivity index (χ3v) is 3.55. The average Bonchev–Trinajstić information content (AvgIpc) is 2.54. The maximum Gasteiger partial charge on any atom is 0.405 e. The monoisotopic (exact) mass is 311 g/mol. The van der Waals surface area contributed by atoms with Crippen molar-refractivity contribution in [2.75, 3.05) is 6.54 Å². The molecule has 0 saturated carbocycles. The summed E-state index contributed by atoms with van der Waals surface area (Å²) >= 11 is 0. The Morgan fingerprint density at radius 2 is 1.96 bits per heavy atom. The summed E-state index contributed by atoms with van der Waals surface area (Å²) in [5.74, 6) is -0.550. The highest BCUT2D eigenvalue weighted by molar-refractivity contribution is 5.87. The highest BCUT2D eigenvalue weighted by Crippen LogP contribution is 2.17. The van der Waals surface area contributed by atoms with Crippen molar-refractivity contribution in [3.8, 4) is 6.19 Å². The van der Waals surface area contributed by atoms with E-state index in [4.69, 9.17) is 10.4 Å². The smallest absolute Gasteiger partial charge is 0.405 e. The van der Waals surface area contributed by atoms with Crippen molar-refractivity contribution in [1.29, 1.82) is 5.26 Å². The standard InChI is InChI=1S/C17H17N3O3/c1-2-20(11-18)16(21)15(19-17(22)23)10-12-7-8-13-5-3-4-6-14(13)9-12/h3-9,15,19H,2,10H2,1H3,(H,22,23). The lowest BCUT2D eigenvalue weighted by molar-refractivity contribution is -0.130. The van der Waals surface area contributed by atoms with Gasteiger partial charge in [0.25, 0.3) is 5.91 Å². The van der Waals surface area contributed by atoms with Gasteiger partial charge in [0.15, 0.2) is 6.19 Å². The number of hydrogen-bond donors (Lipinski definition) is 2. The Labute approximate surface area is 133 Å². The molecular weight excluding hydrogens is 294 g/mol. The number of fused-ring (bicyclic) bond motifs is 1. The van der Waals surface area contributed by atoms with E-state index in [2.05, 4.69) is 5.32 Å². The highest BCUT2D eigenvalue weighted by atomic mass is 16.4. The van der Waals surface area contributed by atoms with Crippen molar-refractivity contribution in [3.05, 3.63) is 48.0 Å². The Morgan fingerprint density at radius 3 is 2.57 bits per heavy atom. The molecule has 2 aromatic carbocycles. The fourth-order valence-electron chi connectivity index (χ4n) is 2.41. The van der Waals surface area contributed by atoms with Gasteiger partial charge < -0.3 is 10.4 Å². The van der Waals surface area contributed by atoms with Crippen molar-refractivity contribution in [3.63, 3.8) is 0 Å². The Bertz CT molecular complexity index is 767. The van der Waals surface area contributed by atoms with Crippen LogP contribution in [0, 0.1) is 11.5 Å². The molecule has 0 aliphatic carbocycles. The molecule has 0 aliphatic heterocycles. The van der Waals surface area contributed by atoms with Gasteiger partial charge >= 0.3 is 6.09 Å². The van der Waals surface area contributed by atoms with Crippen LogP contribution in [0.1, 0.15) is 12.5 Å². The molecule has 118 valence electrons. The number of carbonyl (C=O) groups excluding carboxylic acids is 1. The van der Waals surface area contributed by atoms with Gasteiger partial charge in [0.2, 0.25) is 0 Å². The SMILES string of the molecule is CCN(C#N)C(=O)C(Cc1ccc2ccccc2c1)NC(=O)O. The quantitative estimate of drug-likeness (QED) is 0.654. The molecule has 2 amide bonds. The molecule has 0 saturated heterocycles. The summed E-state index contributed by atoms with van der Waals surface area (Å²) in [5.41, 5.74) is 0.824. The molecule has 23 heavy (non-hydrogen) atoms. The Hall–Kier alpha value is -3.07. The number of amides is 2. The normalized spacial score (nSPS) is 11.5. The van der Waals surface area contributed by atoms with Gasteiger partial charge in [-0.2, -0.15) is 5.26 Å². The number of nitrogens with one attached hydrogen (secondary N) is 1. The number of rotatable bonds is 5. The van der Waals surface area contributed by atoms with Gasteiger partial charge in [0, 0.05) is 13.0 Å². The van der Waals surface area contributed by atoms with Crippen LogP contribution in [-0.2, 0) is 11.2 Å². The Balaban J connectivity index is 2.26. The molecule has 6 nitrogen and oxygen atoms in total. The first-order valence-electron chi connectivity index (χ1n) is 7.23. The molecule has 6 heteroatoms. The first kappa shape index (κ1) is 16.3. The highest BCUT2D eigenvalue weighted by Gasteiger charge is 2.25. The van der Waals surface area contributed by atoms with Crippen molar-refractivity contribution in [1.82, 2.24) is 10.2 Å². The molecule has 0 aliphatic rings. The predicted octanol–water partition coefficient (Wildman–Crippen LogP) is 2.35. The third kappa shape index (κ3) is 3.98. The van der Waals surface area contributed by atoms with Gasteiger partial charge in [-0.05, 0) is 23.3 Å². The van der Waals surface area contributed by atoms with Crippen LogP contribution in [0.25, 0.3) is 10.8 Å². The summed E-state index contributed by atoms with van der Waals surface area (Å²) in [6.07, 6.45) is 0.667. The summed E-state index contributed by atoms with van der Waals surface area (Å²) in [7, 11) is 0. The van der Waals surface area contributed by atoms with E-state index < -0.39 is 18.0 Å². The first-order chi connectivity index (χ1) is 11.0. The molecule has 0 heterocycles. The molecule has 1 unspecified atom stereocenters. The molecule has 2 N–H and O–H groups in total. The molecule has 0 bridgehead atoms. The minimum absolute atomic E-state index is 0.189. The third-order valence-electron chi connectivity index (χ3n) is 3.55. The number of carboxylic acid groups (broad SMARTS) is 1. The molecule has 0 spiro atoms. The minimum Gasteiger partial charge on any atom is -0.465 e. The van der Waals surface area contributed by atoms with Crippen LogP contribution < -0.4 is 5.32 Å². The number of hydrogen-bond acceptors (Lipinski definition) is 3. The van der Waals surface area contributed by atoms with Gasteiger partial charge in [-0.15, -0.1) is 0 Å². The lowest BCUT2D eigenvalue weighted by Gasteiger charge is -2.20. The topological polar surface area (TPSA) is 93.4 Å². The molecular formula is C17H17N3O3. The zero-order valence-corrected chi connectivity index (χ0v) is 12.7.